The molecule has 0 fully saturated rings. The molecule has 1 aromatic heterocycles. The number of hydrogen-bond acceptors (Lipinski definition) is 5. The molecule has 1 atom stereocenters. The molecule has 0 aromatic carbocycles. The van der Waals surface area contributed by atoms with Crippen molar-refractivity contribution in [1.29, 1.82) is 0 Å². The van der Waals surface area contributed by atoms with Crippen molar-refractivity contribution in [3.63, 3.8) is 0 Å². The summed E-state index contributed by atoms with van der Waals surface area (Å²) in [5.74, 6) is -2.76. The van der Waals surface area contributed by atoms with Gasteiger partial charge >= 0.3 is 12.1 Å². The lowest BCUT2D eigenvalue weighted by molar-refractivity contribution is -0.192. The molecule has 2 heterocycles. The third-order valence-corrected chi connectivity index (χ3v) is 3.46. The summed E-state index contributed by atoms with van der Waals surface area (Å²) in [6, 6.07) is 0.573. The van der Waals surface area contributed by atoms with Crippen molar-refractivity contribution in [3.8, 4) is 0 Å². The van der Waals surface area contributed by atoms with Gasteiger partial charge in [0.2, 0.25) is 0 Å². The van der Waals surface area contributed by atoms with Crippen LogP contribution >= 0.6 is 11.3 Å². The zero-order chi connectivity index (χ0) is 14.6. The number of fused-ring (bicyclic) bond motifs is 1. The van der Waals surface area contributed by atoms with Crippen molar-refractivity contribution in [2.75, 3.05) is 12.4 Å². The molecule has 108 valence electrons. The molecule has 0 aliphatic carbocycles. The molecule has 9 heteroatoms. The topological polar surface area (TPSA) is 74.2 Å². The largest absolute Gasteiger partial charge is 0.490 e. The smallest absolute Gasteiger partial charge is 0.475 e. The van der Waals surface area contributed by atoms with Crippen LogP contribution in [0.15, 0.2) is 0 Å². The first-order chi connectivity index (χ1) is 8.74. The molecule has 0 bridgehead atoms. The highest BCUT2D eigenvalue weighted by Gasteiger charge is 2.38. The van der Waals surface area contributed by atoms with Crippen LogP contribution in [0.2, 0.25) is 0 Å². The second-order valence-corrected chi connectivity index (χ2v) is 5.01. The molecule has 0 unspecified atom stereocenters. The minimum atomic E-state index is -5.08. The van der Waals surface area contributed by atoms with Gasteiger partial charge in [0.25, 0.3) is 0 Å². The number of carboxylic acids is 1. The zero-order valence-corrected chi connectivity index (χ0v) is 11.2. The average molecular weight is 297 g/mol. The molecule has 2 rings (SSSR count). The van der Waals surface area contributed by atoms with Crippen LogP contribution in [0.5, 0.6) is 0 Å². The first kappa shape index (κ1) is 15.7. The van der Waals surface area contributed by atoms with E-state index in [2.05, 4.69) is 22.5 Å². The summed E-state index contributed by atoms with van der Waals surface area (Å²) in [7, 11) is 1.92. The van der Waals surface area contributed by atoms with Gasteiger partial charge in [0.15, 0.2) is 5.13 Å². The van der Waals surface area contributed by atoms with Crippen molar-refractivity contribution >= 4 is 22.4 Å². The van der Waals surface area contributed by atoms with Gasteiger partial charge in [0.05, 0.1) is 5.69 Å². The van der Waals surface area contributed by atoms with Crippen LogP contribution in [0.4, 0.5) is 18.3 Å². The van der Waals surface area contributed by atoms with E-state index in [-0.39, 0.29) is 0 Å². The highest BCUT2D eigenvalue weighted by molar-refractivity contribution is 7.15. The summed E-state index contributed by atoms with van der Waals surface area (Å²) in [6.45, 7) is 3.18. The van der Waals surface area contributed by atoms with Crippen LogP contribution in [-0.2, 0) is 17.8 Å². The van der Waals surface area contributed by atoms with E-state index in [0.29, 0.717) is 6.04 Å². The van der Waals surface area contributed by atoms with Crippen molar-refractivity contribution in [2.24, 2.45) is 0 Å². The Morgan fingerprint density at radius 1 is 1.58 bits per heavy atom. The molecule has 1 aromatic rings. The zero-order valence-electron chi connectivity index (χ0n) is 10.3. The van der Waals surface area contributed by atoms with E-state index in [4.69, 9.17) is 9.90 Å². The number of aliphatic carboxylic acids is 1. The number of alkyl halides is 3. The van der Waals surface area contributed by atoms with Gasteiger partial charge < -0.3 is 15.7 Å². The predicted molar refractivity (Wildman–Crippen MR) is 65.4 cm³/mol. The second-order valence-electron chi connectivity index (χ2n) is 3.93. The van der Waals surface area contributed by atoms with Crippen molar-refractivity contribution in [1.82, 2.24) is 10.3 Å². The van der Waals surface area contributed by atoms with Gasteiger partial charge in [-0.15, -0.1) is 11.3 Å². The summed E-state index contributed by atoms with van der Waals surface area (Å²) < 4.78 is 31.7. The number of carboxylic acid groups (broad SMARTS) is 1. The maximum absolute atomic E-state index is 10.6. The quantitative estimate of drug-likeness (QED) is 0.738. The standard InChI is InChI=1S/C8H13N3S.C2HF3O2/c1-5-3-6-7(4-10-5)12-8(9-2)11-6;3-2(4,5)1(6)7/h5,10H,3-4H2,1-2H3,(H,9,11);(H,6,7)/t5-;/m1./s1. The number of aromatic nitrogens is 1. The van der Waals surface area contributed by atoms with E-state index in [9.17, 15) is 13.2 Å². The Hall–Kier alpha value is -1.35. The molecule has 3 N–H and O–H groups in total. The normalized spacial score (nSPS) is 18.1. The highest BCUT2D eigenvalue weighted by Crippen LogP contribution is 2.26. The molecule has 0 amide bonds. The van der Waals surface area contributed by atoms with E-state index >= 15 is 0 Å². The van der Waals surface area contributed by atoms with Crippen LogP contribution in [0.25, 0.3) is 0 Å². The van der Waals surface area contributed by atoms with Crippen molar-refractivity contribution < 1.29 is 23.1 Å². The molecule has 0 radical (unpaired) electrons. The molecule has 1 aliphatic heterocycles. The molecular weight excluding hydrogens is 283 g/mol. The van der Waals surface area contributed by atoms with E-state index in [1.807, 2.05) is 7.05 Å². The number of thiazole rings is 1. The summed E-state index contributed by atoms with van der Waals surface area (Å²) in [6.07, 6.45) is -4.02. The van der Waals surface area contributed by atoms with Gasteiger partial charge in [-0.25, -0.2) is 9.78 Å². The highest BCUT2D eigenvalue weighted by atomic mass is 32.1. The fourth-order valence-electron chi connectivity index (χ4n) is 1.42. The lowest BCUT2D eigenvalue weighted by Gasteiger charge is -2.17. The van der Waals surface area contributed by atoms with Gasteiger partial charge in [-0.2, -0.15) is 13.2 Å². The monoisotopic (exact) mass is 297 g/mol. The van der Waals surface area contributed by atoms with E-state index in [1.54, 1.807) is 11.3 Å². The maximum atomic E-state index is 10.6. The van der Waals surface area contributed by atoms with Crippen LogP contribution in [-0.4, -0.2) is 35.3 Å². The number of hydrogen-bond donors (Lipinski definition) is 3. The van der Waals surface area contributed by atoms with Crippen molar-refractivity contribution in [3.05, 3.63) is 10.6 Å². The van der Waals surface area contributed by atoms with Gasteiger partial charge in [-0.1, -0.05) is 0 Å². The fourth-order valence-corrected chi connectivity index (χ4v) is 2.31. The summed E-state index contributed by atoms with van der Waals surface area (Å²) in [4.78, 5) is 14.8. The van der Waals surface area contributed by atoms with Gasteiger partial charge in [-0.05, 0) is 6.92 Å². The number of anilines is 1. The molecular formula is C10H14F3N3O2S. The van der Waals surface area contributed by atoms with E-state index < -0.39 is 12.1 Å². The number of halogens is 3. The minimum Gasteiger partial charge on any atom is -0.475 e. The fraction of sp³-hybridized carbons (Fsp3) is 0.600. The number of carbonyl (C=O) groups is 1. The summed E-state index contributed by atoms with van der Waals surface area (Å²) in [5.41, 5.74) is 1.27. The van der Waals surface area contributed by atoms with Gasteiger partial charge in [0.1, 0.15) is 0 Å². The Bertz CT molecular complexity index is 448. The first-order valence-corrected chi connectivity index (χ1v) is 6.25. The van der Waals surface area contributed by atoms with E-state index in [0.717, 1.165) is 18.1 Å². The molecule has 0 saturated heterocycles. The Kier molecular flexibility index (Phi) is 5.12. The summed E-state index contributed by atoms with van der Waals surface area (Å²) >= 11 is 1.75. The van der Waals surface area contributed by atoms with Crippen LogP contribution < -0.4 is 10.6 Å². The number of nitrogens with one attached hydrogen (secondary N) is 2. The Labute approximate surface area is 111 Å². The first-order valence-electron chi connectivity index (χ1n) is 5.44. The predicted octanol–water partition coefficient (Wildman–Crippen LogP) is 1.85. The number of rotatable bonds is 1. The Morgan fingerprint density at radius 2 is 2.16 bits per heavy atom. The van der Waals surface area contributed by atoms with Crippen LogP contribution in [0.3, 0.4) is 0 Å². The molecule has 0 saturated carbocycles. The Morgan fingerprint density at radius 3 is 2.63 bits per heavy atom. The molecule has 5 nitrogen and oxygen atoms in total. The van der Waals surface area contributed by atoms with E-state index in [1.165, 1.54) is 10.6 Å². The van der Waals surface area contributed by atoms with Crippen LogP contribution in [0.1, 0.15) is 17.5 Å². The number of nitrogens with zero attached hydrogens (tertiary/aromatic N) is 1. The third kappa shape index (κ3) is 4.67. The summed E-state index contributed by atoms with van der Waals surface area (Å²) in [5, 5.41) is 14.7. The molecule has 19 heavy (non-hydrogen) atoms. The van der Waals surface area contributed by atoms with Gasteiger partial charge in [0, 0.05) is 30.9 Å². The maximum Gasteiger partial charge on any atom is 0.490 e. The van der Waals surface area contributed by atoms with Gasteiger partial charge in [-0.3, -0.25) is 0 Å². The lowest BCUT2D eigenvalue weighted by Crippen LogP contribution is -2.32. The Balaban J connectivity index is 0.000000224. The second kappa shape index (κ2) is 6.20. The minimum absolute atomic E-state index is 0.573. The average Bonchev–Trinajstić information content (AvgIpc) is 2.70. The van der Waals surface area contributed by atoms with Crippen molar-refractivity contribution in [2.45, 2.75) is 32.1 Å². The SMILES string of the molecule is CNc1nc2c(s1)CN[C@H](C)C2.O=C(O)C(F)(F)F. The lowest BCUT2D eigenvalue weighted by atomic mass is 10.1. The molecule has 0 spiro atoms. The molecule has 1 aliphatic rings. The van der Waals surface area contributed by atoms with Crippen LogP contribution in [0, 0.1) is 0 Å². The third-order valence-electron chi connectivity index (χ3n) is 2.35.